The Morgan fingerprint density at radius 3 is 2.50 bits per heavy atom. The number of carbonyl (C=O) groups excluding carboxylic acids is 3. The lowest BCUT2D eigenvalue weighted by Crippen LogP contribution is -2.52. The zero-order valence-corrected chi connectivity index (χ0v) is 27.3. The number of aryl methyl sites for hydroxylation is 1. The summed E-state index contributed by atoms with van der Waals surface area (Å²) in [6, 6.07) is 10.3. The van der Waals surface area contributed by atoms with Crippen molar-refractivity contribution in [2.75, 3.05) is 17.3 Å². The number of fused-ring (bicyclic) bond motifs is 1. The molecule has 2 fully saturated rings. The van der Waals surface area contributed by atoms with E-state index in [0.29, 0.717) is 34.6 Å². The number of amides is 3. The second-order valence-electron chi connectivity index (χ2n) is 12.9. The molecule has 0 N–H and O–H groups in total. The lowest BCUT2D eigenvalue weighted by atomic mass is 9.69. The average molecular weight is 617 g/mol. The van der Waals surface area contributed by atoms with Gasteiger partial charge in [-0.15, -0.1) is 0 Å². The molecule has 1 aliphatic heterocycles. The van der Waals surface area contributed by atoms with Gasteiger partial charge in [0, 0.05) is 11.7 Å². The molecule has 2 aliphatic carbocycles. The molecule has 44 heavy (non-hydrogen) atoms. The number of rotatable bonds is 10. The van der Waals surface area contributed by atoms with Gasteiger partial charge in [-0.05, 0) is 86.3 Å². The number of imide groups is 1. The van der Waals surface area contributed by atoms with Gasteiger partial charge < -0.3 is 9.64 Å². The van der Waals surface area contributed by atoms with Crippen LogP contribution in [0.2, 0.25) is 0 Å². The fraction of sp³-hybridized carbons (Fsp3) is 0.571. The van der Waals surface area contributed by atoms with Crippen LogP contribution in [0.25, 0.3) is 0 Å². The van der Waals surface area contributed by atoms with Crippen LogP contribution in [0.3, 0.4) is 0 Å². The summed E-state index contributed by atoms with van der Waals surface area (Å²) >= 11 is 1.27. The predicted molar refractivity (Wildman–Crippen MR) is 171 cm³/mol. The maximum atomic E-state index is 14.0. The van der Waals surface area contributed by atoms with E-state index in [9.17, 15) is 19.6 Å². The number of anilines is 1. The number of ether oxygens (including phenoxy) is 1. The molecule has 3 aliphatic rings. The normalized spacial score (nSPS) is 20.8. The van der Waals surface area contributed by atoms with E-state index in [-0.39, 0.29) is 41.4 Å². The molecule has 5 rings (SSSR count). The smallest absolute Gasteiger partial charge is 0.257 e. The van der Waals surface area contributed by atoms with Crippen LogP contribution in [-0.2, 0) is 27.2 Å². The predicted octanol–water partition coefficient (Wildman–Crippen LogP) is 6.48. The Morgan fingerprint density at radius 2 is 1.84 bits per heavy atom. The Bertz CT molecular complexity index is 1430. The van der Waals surface area contributed by atoms with Crippen molar-refractivity contribution >= 4 is 35.2 Å². The van der Waals surface area contributed by atoms with Crippen molar-refractivity contribution in [2.45, 2.75) is 109 Å². The van der Waals surface area contributed by atoms with Crippen LogP contribution in [0.1, 0.15) is 95.9 Å². The number of benzene rings is 1. The van der Waals surface area contributed by atoms with Crippen molar-refractivity contribution < 1.29 is 19.1 Å². The standard InChI is InChI=1S/C35H44N4O4S/c1-5-35(3,4)25-12-17-29-23(19-25)18-24(21-36)33(37-29)44-22-32(41)38(26-10-8-7-9-11-26)30-20-31(40)39(34(30)42)27-13-15-28(16-14-27)43-6-2/h13-16,18,25-26,30H,5-12,17,19-20,22H2,1-4H3. The number of aromatic nitrogens is 1. The number of hydrogen-bond donors (Lipinski definition) is 0. The monoisotopic (exact) mass is 616 g/mol. The lowest BCUT2D eigenvalue weighted by Gasteiger charge is -2.37. The molecule has 9 heteroatoms. The van der Waals surface area contributed by atoms with Gasteiger partial charge in [-0.25, -0.2) is 9.88 Å². The molecule has 0 bridgehead atoms. The molecular formula is C35H44N4O4S. The molecule has 0 spiro atoms. The Labute approximate surface area is 265 Å². The SMILES string of the molecule is CCOc1ccc(N2C(=O)CC(N(C(=O)CSc3nc4c(cc3C#N)CC(C(C)(C)CC)CC4)C3CCCCC3)C2=O)cc1. The first-order valence-corrected chi connectivity index (χ1v) is 17.1. The summed E-state index contributed by atoms with van der Waals surface area (Å²) in [5.74, 6) is 0.417. The molecule has 1 saturated carbocycles. The molecule has 2 heterocycles. The Balaban J connectivity index is 1.34. The van der Waals surface area contributed by atoms with Crippen LogP contribution >= 0.6 is 11.8 Å². The number of thioether (sulfide) groups is 1. The van der Waals surface area contributed by atoms with E-state index >= 15 is 0 Å². The fourth-order valence-electron chi connectivity index (χ4n) is 6.95. The van der Waals surface area contributed by atoms with E-state index in [1.165, 1.54) is 16.7 Å². The highest BCUT2D eigenvalue weighted by Crippen LogP contribution is 2.40. The van der Waals surface area contributed by atoms with Crippen LogP contribution < -0.4 is 9.64 Å². The maximum absolute atomic E-state index is 14.0. The van der Waals surface area contributed by atoms with Crippen molar-refractivity contribution in [2.24, 2.45) is 11.3 Å². The lowest BCUT2D eigenvalue weighted by molar-refractivity contribution is -0.139. The van der Waals surface area contributed by atoms with E-state index in [4.69, 9.17) is 9.72 Å². The van der Waals surface area contributed by atoms with E-state index < -0.39 is 6.04 Å². The number of pyridine rings is 1. The Morgan fingerprint density at radius 1 is 1.11 bits per heavy atom. The summed E-state index contributed by atoms with van der Waals surface area (Å²) < 4.78 is 5.51. The first-order chi connectivity index (χ1) is 21.2. The van der Waals surface area contributed by atoms with Crippen LogP contribution in [0.5, 0.6) is 5.75 Å². The minimum absolute atomic E-state index is 0.0330. The van der Waals surface area contributed by atoms with Gasteiger partial charge in [0.15, 0.2) is 0 Å². The van der Waals surface area contributed by atoms with Crippen LogP contribution in [0.15, 0.2) is 35.4 Å². The summed E-state index contributed by atoms with van der Waals surface area (Å²) in [4.78, 5) is 48.8. The van der Waals surface area contributed by atoms with E-state index in [0.717, 1.165) is 69.0 Å². The molecular weight excluding hydrogens is 572 g/mol. The van der Waals surface area contributed by atoms with Gasteiger partial charge in [0.1, 0.15) is 22.9 Å². The summed E-state index contributed by atoms with van der Waals surface area (Å²) in [6.45, 7) is 9.28. The van der Waals surface area contributed by atoms with E-state index in [1.54, 1.807) is 29.2 Å². The molecule has 1 aromatic heterocycles. The van der Waals surface area contributed by atoms with Gasteiger partial charge in [0.2, 0.25) is 11.8 Å². The second-order valence-corrected chi connectivity index (χ2v) is 13.9. The number of carbonyl (C=O) groups is 3. The summed E-state index contributed by atoms with van der Waals surface area (Å²) in [7, 11) is 0. The molecule has 3 amide bonds. The minimum atomic E-state index is -0.837. The summed E-state index contributed by atoms with van der Waals surface area (Å²) in [5, 5.41) is 10.6. The minimum Gasteiger partial charge on any atom is -0.494 e. The van der Waals surface area contributed by atoms with Crippen molar-refractivity contribution in [1.82, 2.24) is 9.88 Å². The van der Waals surface area contributed by atoms with Crippen molar-refractivity contribution in [3.8, 4) is 11.8 Å². The van der Waals surface area contributed by atoms with Gasteiger partial charge in [-0.2, -0.15) is 5.26 Å². The highest BCUT2D eigenvalue weighted by Gasteiger charge is 2.46. The van der Waals surface area contributed by atoms with E-state index in [2.05, 4.69) is 26.8 Å². The average Bonchev–Trinajstić information content (AvgIpc) is 3.32. The summed E-state index contributed by atoms with van der Waals surface area (Å²) in [5.41, 5.74) is 3.37. The van der Waals surface area contributed by atoms with Gasteiger partial charge in [0.05, 0.1) is 30.0 Å². The van der Waals surface area contributed by atoms with Crippen LogP contribution in [0.4, 0.5) is 5.69 Å². The van der Waals surface area contributed by atoms with Gasteiger partial charge in [-0.1, -0.05) is 58.2 Å². The van der Waals surface area contributed by atoms with Gasteiger partial charge in [0.25, 0.3) is 5.91 Å². The third kappa shape index (κ3) is 6.66. The van der Waals surface area contributed by atoms with Gasteiger partial charge in [-0.3, -0.25) is 14.4 Å². The van der Waals surface area contributed by atoms with Crippen molar-refractivity contribution in [3.63, 3.8) is 0 Å². The summed E-state index contributed by atoms with van der Waals surface area (Å²) in [6.07, 6.45) is 8.61. The molecule has 1 saturated heterocycles. The van der Waals surface area contributed by atoms with Gasteiger partial charge >= 0.3 is 0 Å². The number of hydrogen-bond acceptors (Lipinski definition) is 7. The molecule has 2 atom stereocenters. The van der Waals surface area contributed by atoms with Crippen molar-refractivity contribution in [3.05, 3.63) is 47.2 Å². The fourth-order valence-corrected chi connectivity index (χ4v) is 7.79. The highest BCUT2D eigenvalue weighted by atomic mass is 32.2. The number of nitrogens with zero attached hydrogens (tertiary/aromatic N) is 4. The third-order valence-electron chi connectivity index (χ3n) is 9.94. The second kappa shape index (κ2) is 13.7. The Kier molecular flexibility index (Phi) is 9.99. The first kappa shape index (κ1) is 32.0. The van der Waals surface area contributed by atoms with Crippen LogP contribution in [0, 0.1) is 22.7 Å². The zero-order valence-electron chi connectivity index (χ0n) is 26.4. The molecule has 2 aromatic rings. The first-order valence-electron chi connectivity index (χ1n) is 16.1. The molecule has 234 valence electrons. The van der Waals surface area contributed by atoms with Crippen LogP contribution in [-0.4, -0.2) is 52.0 Å². The molecule has 2 unspecified atom stereocenters. The number of nitriles is 1. The highest BCUT2D eigenvalue weighted by molar-refractivity contribution is 8.00. The molecule has 1 aromatic carbocycles. The molecule has 8 nitrogen and oxygen atoms in total. The zero-order chi connectivity index (χ0) is 31.4. The van der Waals surface area contributed by atoms with E-state index in [1.807, 2.05) is 13.0 Å². The largest absolute Gasteiger partial charge is 0.494 e. The Hall–Kier alpha value is -3.38. The van der Waals surface area contributed by atoms with Crippen molar-refractivity contribution in [1.29, 1.82) is 5.26 Å². The third-order valence-corrected chi connectivity index (χ3v) is 10.9. The maximum Gasteiger partial charge on any atom is 0.257 e. The quantitative estimate of drug-likeness (QED) is 0.222. The molecule has 0 radical (unpaired) electrons. The topological polar surface area (TPSA) is 104 Å².